The molecular weight excluding hydrogens is 432 g/mol. The summed E-state index contributed by atoms with van der Waals surface area (Å²) in [5.41, 5.74) is 5.30. The normalized spacial score (nSPS) is 10.9. The summed E-state index contributed by atoms with van der Waals surface area (Å²) in [7, 11) is 0. The van der Waals surface area contributed by atoms with Crippen molar-refractivity contribution in [1.29, 1.82) is 0 Å². The van der Waals surface area contributed by atoms with Crippen LogP contribution in [0.5, 0.6) is 0 Å². The van der Waals surface area contributed by atoms with Gasteiger partial charge in [0.05, 0.1) is 11.4 Å². The number of aromatic nitrogens is 1. The number of nitrogens with zero attached hydrogens (tertiary/aromatic N) is 1. The fourth-order valence-electron chi connectivity index (χ4n) is 3.02. The summed E-state index contributed by atoms with van der Waals surface area (Å²) in [5, 5.41) is 2.27. The van der Waals surface area contributed by atoms with Crippen LogP contribution in [-0.4, -0.2) is 4.98 Å². The molecule has 0 saturated carbocycles. The van der Waals surface area contributed by atoms with E-state index in [1.54, 1.807) is 12.1 Å². The van der Waals surface area contributed by atoms with Gasteiger partial charge in [0, 0.05) is 31.2 Å². The fraction of sp³-hybridized carbons (Fsp3) is 0. The first kappa shape index (κ1) is 19.3. The maximum Gasteiger partial charge on any atom is 0.0716 e. The van der Waals surface area contributed by atoms with E-state index in [4.69, 9.17) is 51.4 Å². The van der Waals surface area contributed by atoms with E-state index >= 15 is 0 Å². The molecule has 1 heterocycles. The second-order valence-corrected chi connectivity index (χ2v) is 8.05. The summed E-state index contributed by atoms with van der Waals surface area (Å²) < 4.78 is 0. The van der Waals surface area contributed by atoms with E-state index in [1.807, 2.05) is 66.7 Å². The Morgan fingerprint density at radius 1 is 0.429 bits per heavy atom. The highest BCUT2D eigenvalue weighted by molar-refractivity contribution is 6.35. The van der Waals surface area contributed by atoms with Crippen molar-refractivity contribution >= 4 is 46.4 Å². The van der Waals surface area contributed by atoms with Gasteiger partial charge in [-0.15, -0.1) is 0 Å². The molecule has 138 valence electrons. The topological polar surface area (TPSA) is 12.9 Å². The molecule has 4 rings (SSSR count). The summed E-state index contributed by atoms with van der Waals surface area (Å²) >= 11 is 24.9. The van der Waals surface area contributed by atoms with Crippen molar-refractivity contribution in [2.45, 2.75) is 0 Å². The van der Waals surface area contributed by atoms with Crippen molar-refractivity contribution in [2.75, 3.05) is 0 Å². The molecule has 5 heteroatoms. The number of halogens is 4. The van der Waals surface area contributed by atoms with E-state index in [-0.39, 0.29) is 0 Å². The molecule has 28 heavy (non-hydrogen) atoms. The van der Waals surface area contributed by atoms with E-state index in [0.717, 1.165) is 33.6 Å². The minimum Gasteiger partial charge on any atom is -0.248 e. The zero-order valence-electron chi connectivity index (χ0n) is 14.5. The first-order valence-corrected chi connectivity index (χ1v) is 9.99. The molecule has 0 fully saturated rings. The summed E-state index contributed by atoms with van der Waals surface area (Å²) in [4.78, 5) is 4.84. The monoisotopic (exact) mass is 443 g/mol. The van der Waals surface area contributed by atoms with E-state index in [2.05, 4.69) is 0 Å². The van der Waals surface area contributed by atoms with Gasteiger partial charge in [0.2, 0.25) is 0 Å². The summed E-state index contributed by atoms with van der Waals surface area (Å²) in [5.74, 6) is 0. The predicted molar refractivity (Wildman–Crippen MR) is 121 cm³/mol. The van der Waals surface area contributed by atoms with Gasteiger partial charge in [-0.1, -0.05) is 76.7 Å². The first-order valence-electron chi connectivity index (χ1n) is 8.48. The average Bonchev–Trinajstić information content (AvgIpc) is 2.67. The Hall–Kier alpha value is -2.03. The lowest BCUT2D eigenvalue weighted by Crippen LogP contribution is -1.91. The maximum absolute atomic E-state index is 6.22. The van der Waals surface area contributed by atoms with Crippen LogP contribution < -0.4 is 0 Å². The number of pyridine rings is 1. The summed E-state index contributed by atoms with van der Waals surface area (Å²) in [6.45, 7) is 0. The Kier molecular flexibility index (Phi) is 5.61. The van der Waals surface area contributed by atoms with Crippen LogP contribution >= 0.6 is 46.4 Å². The van der Waals surface area contributed by atoms with E-state index in [1.165, 1.54) is 0 Å². The minimum absolute atomic E-state index is 0.557. The van der Waals surface area contributed by atoms with Gasteiger partial charge in [-0.3, -0.25) is 0 Å². The van der Waals surface area contributed by atoms with Gasteiger partial charge in [-0.25, -0.2) is 4.98 Å². The zero-order valence-corrected chi connectivity index (χ0v) is 17.5. The smallest absolute Gasteiger partial charge is 0.0716 e. The molecule has 0 amide bonds. The van der Waals surface area contributed by atoms with Crippen LogP contribution in [0.2, 0.25) is 20.1 Å². The molecule has 0 unspecified atom stereocenters. The number of hydrogen-bond acceptors (Lipinski definition) is 1. The molecule has 0 bridgehead atoms. The third-order valence-corrected chi connectivity index (χ3v) is 5.12. The quantitative estimate of drug-likeness (QED) is 0.307. The van der Waals surface area contributed by atoms with Crippen molar-refractivity contribution in [3.8, 4) is 33.6 Å². The van der Waals surface area contributed by atoms with E-state index in [9.17, 15) is 0 Å². The predicted octanol–water partition coefficient (Wildman–Crippen LogP) is 8.70. The van der Waals surface area contributed by atoms with Gasteiger partial charge in [0.25, 0.3) is 0 Å². The van der Waals surface area contributed by atoms with Crippen LogP contribution in [0.15, 0.2) is 78.9 Å². The average molecular weight is 445 g/mol. The van der Waals surface area contributed by atoms with Gasteiger partial charge in [-0.2, -0.15) is 0 Å². The second kappa shape index (κ2) is 8.14. The third kappa shape index (κ3) is 4.34. The van der Waals surface area contributed by atoms with Crippen LogP contribution in [-0.2, 0) is 0 Å². The maximum atomic E-state index is 6.22. The molecule has 0 saturated heterocycles. The van der Waals surface area contributed by atoms with Gasteiger partial charge in [0.1, 0.15) is 0 Å². The lowest BCUT2D eigenvalue weighted by molar-refractivity contribution is 1.32. The summed E-state index contributed by atoms with van der Waals surface area (Å²) in [6.07, 6.45) is 0. The van der Waals surface area contributed by atoms with Crippen molar-refractivity contribution < 1.29 is 0 Å². The van der Waals surface area contributed by atoms with E-state index in [0.29, 0.717) is 20.1 Å². The van der Waals surface area contributed by atoms with Crippen molar-refractivity contribution in [3.05, 3.63) is 99.0 Å². The van der Waals surface area contributed by atoms with Gasteiger partial charge in [0.15, 0.2) is 0 Å². The second-order valence-electron chi connectivity index (χ2n) is 6.31. The zero-order chi connectivity index (χ0) is 19.7. The highest BCUT2D eigenvalue weighted by atomic mass is 35.5. The number of hydrogen-bond donors (Lipinski definition) is 0. The molecule has 0 N–H and O–H groups in total. The standard InChI is InChI=1S/C23H13Cl4N/c24-18-6-15(7-19(25)12-18)16-10-22(14-4-2-1-3-5-14)28-23(11-16)17-8-20(26)13-21(27)9-17/h1-13H. The van der Waals surface area contributed by atoms with Crippen LogP contribution in [0.3, 0.4) is 0 Å². The molecule has 3 aromatic carbocycles. The SMILES string of the molecule is Clc1cc(Cl)cc(-c2cc(-c3ccccc3)nc(-c3cc(Cl)cc(Cl)c3)c2)c1. The largest absolute Gasteiger partial charge is 0.248 e. The molecule has 0 aliphatic heterocycles. The molecule has 1 aromatic heterocycles. The summed E-state index contributed by atoms with van der Waals surface area (Å²) in [6, 6.07) is 24.8. The molecule has 1 nitrogen and oxygen atoms in total. The molecule has 4 aromatic rings. The highest BCUT2D eigenvalue weighted by Gasteiger charge is 2.11. The minimum atomic E-state index is 0.557. The Morgan fingerprint density at radius 3 is 1.39 bits per heavy atom. The molecule has 0 spiro atoms. The third-order valence-electron chi connectivity index (χ3n) is 4.25. The van der Waals surface area contributed by atoms with Gasteiger partial charge in [-0.05, 0) is 59.7 Å². The van der Waals surface area contributed by atoms with Gasteiger partial charge >= 0.3 is 0 Å². The van der Waals surface area contributed by atoms with Crippen molar-refractivity contribution in [2.24, 2.45) is 0 Å². The molecule has 0 aliphatic carbocycles. The van der Waals surface area contributed by atoms with Crippen LogP contribution in [0.25, 0.3) is 33.6 Å². The Balaban J connectivity index is 1.95. The lowest BCUT2D eigenvalue weighted by atomic mass is 10.00. The Morgan fingerprint density at radius 2 is 0.857 bits per heavy atom. The van der Waals surface area contributed by atoms with E-state index < -0.39 is 0 Å². The molecule has 0 aliphatic rings. The fourth-order valence-corrected chi connectivity index (χ4v) is 4.08. The van der Waals surface area contributed by atoms with Crippen LogP contribution in [0.4, 0.5) is 0 Å². The highest BCUT2D eigenvalue weighted by Crippen LogP contribution is 2.34. The molecular formula is C23H13Cl4N. The first-order chi connectivity index (χ1) is 13.5. The van der Waals surface area contributed by atoms with Crippen LogP contribution in [0, 0.1) is 0 Å². The van der Waals surface area contributed by atoms with Crippen LogP contribution in [0.1, 0.15) is 0 Å². The van der Waals surface area contributed by atoms with Crippen molar-refractivity contribution in [3.63, 3.8) is 0 Å². The lowest BCUT2D eigenvalue weighted by Gasteiger charge is -2.11. The number of rotatable bonds is 3. The number of benzene rings is 3. The van der Waals surface area contributed by atoms with Crippen molar-refractivity contribution in [1.82, 2.24) is 4.98 Å². The molecule has 0 atom stereocenters. The Labute approximate surface area is 183 Å². The van der Waals surface area contributed by atoms with Gasteiger partial charge < -0.3 is 0 Å². The Bertz CT molecular complexity index is 1050. The molecule has 0 radical (unpaired) electrons.